The normalized spacial score (nSPS) is 26.6. The highest BCUT2D eigenvalue weighted by Crippen LogP contribution is 2.22. The van der Waals surface area contributed by atoms with Gasteiger partial charge in [0.25, 0.3) is 0 Å². The van der Waals surface area contributed by atoms with Gasteiger partial charge in [0, 0.05) is 19.1 Å². The van der Waals surface area contributed by atoms with Crippen LogP contribution in [0.2, 0.25) is 0 Å². The topological polar surface area (TPSA) is 23.6 Å². The molecule has 1 unspecified atom stereocenters. The van der Waals surface area contributed by atoms with Crippen LogP contribution >= 0.6 is 0 Å². The van der Waals surface area contributed by atoms with Crippen LogP contribution in [0.5, 0.6) is 0 Å². The number of hydrogen-bond acceptors (Lipinski definition) is 2. The molecule has 0 spiro atoms. The molecule has 2 aliphatic rings. The monoisotopic (exact) mass is 252 g/mol. The second-order valence-electron chi connectivity index (χ2n) is 6.29. The van der Waals surface area contributed by atoms with Crippen LogP contribution in [0.25, 0.3) is 0 Å². The van der Waals surface area contributed by atoms with E-state index < -0.39 is 0 Å². The maximum absolute atomic E-state index is 12.3. The summed E-state index contributed by atoms with van der Waals surface area (Å²) in [7, 11) is 2.13. The Hall–Kier alpha value is -0.570. The van der Waals surface area contributed by atoms with E-state index >= 15 is 0 Å². The van der Waals surface area contributed by atoms with E-state index in [-0.39, 0.29) is 0 Å². The van der Waals surface area contributed by atoms with E-state index in [1.54, 1.807) is 0 Å². The molecule has 0 aromatic rings. The van der Waals surface area contributed by atoms with Crippen molar-refractivity contribution in [3.8, 4) is 0 Å². The fourth-order valence-electron chi connectivity index (χ4n) is 3.38. The highest BCUT2D eigenvalue weighted by atomic mass is 16.2. The molecule has 1 saturated heterocycles. The molecule has 104 valence electrons. The van der Waals surface area contributed by atoms with Gasteiger partial charge in [-0.1, -0.05) is 26.2 Å². The number of carbonyl (C=O) groups is 1. The van der Waals surface area contributed by atoms with Crippen molar-refractivity contribution in [3.05, 3.63) is 0 Å². The fourth-order valence-corrected chi connectivity index (χ4v) is 3.38. The minimum Gasteiger partial charge on any atom is -0.341 e. The van der Waals surface area contributed by atoms with Gasteiger partial charge >= 0.3 is 0 Å². The number of amides is 1. The molecule has 0 aromatic carbocycles. The summed E-state index contributed by atoms with van der Waals surface area (Å²) < 4.78 is 0. The standard InChI is InChI=1S/C15H28N2O/c1-13-7-6-10-17(11-13)15(18)12-16(2)14-8-4-3-5-9-14/h13-14H,3-12H2,1-2H3. The van der Waals surface area contributed by atoms with Crippen LogP contribution in [0, 0.1) is 5.92 Å². The van der Waals surface area contributed by atoms with Gasteiger partial charge in [-0.05, 0) is 38.6 Å². The lowest BCUT2D eigenvalue weighted by atomic mass is 9.94. The fraction of sp³-hybridized carbons (Fsp3) is 0.933. The first-order valence-electron chi connectivity index (χ1n) is 7.65. The third-order valence-electron chi connectivity index (χ3n) is 4.59. The molecule has 0 N–H and O–H groups in total. The molecule has 3 heteroatoms. The van der Waals surface area contributed by atoms with Crippen molar-refractivity contribution in [1.82, 2.24) is 9.80 Å². The van der Waals surface area contributed by atoms with Crippen molar-refractivity contribution in [1.29, 1.82) is 0 Å². The highest BCUT2D eigenvalue weighted by molar-refractivity contribution is 5.78. The molecule has 2 fully saturated rings. The van der Waals surface area contributed by atoms with E-state index in [0.29, 0.717) is 24.4 Å². The molecule has 18 heavy (non-hydrogen) atoms. The number of nitrogens with zero attached hydrogens (tertiary/aromatic N) is 2. The average molecular weight is 252 g/mol. The maximum atomic E-state index is 12.3. The predicted octanol–water partition coefficient (Wildman–Crippen LogP) is 2.51. The van der Waals surface area contributed by atoms with Crippen LogP contribution in [-0.2, 0) is 4.79 Å². The Morgan fingerprint density at radius 2 is 1.89 bits per heavy atom. The minimum atomic E-state index is 0.342. The van der Waals surface area contributed by atoms with Crippen LogP contribution in [0.4, 0.5) is 0 Å². The van der Waals surface area contributed by atoms with Gasteiger partial charge < -0.3 is 4.90 Å². The zero-order valence-corrected chi connectivity index (χ0v) is 12.0. The van der Waals surface area contributed by atoms with Gasteiger partial charge in [0.05, 0.1) is 6.54 Å². The zero-order valence-electron chi connectivity index (χ0n) is 12.0. The molecule has 0 bridgehead atoms. The summed E-state index contributed by atoms with van der Waals surface area (Å²) in [5.74, 6) is 1.03. The molecular formula is C15H28N2O. The number of rotatable bonds is 3. The number of hydrogen-bond donors (Lipinski definition) is 0. The van der Waals surface area contributed by atoms with E-state index in [9.17, 15) is 4.79 Å². The number of piperidine rings is 1. The molecule has 0 aromatic heterocycles. The lowest BCUT2D eigenvalue weighted by Gasteiger charge is -2.35. The van der Waals surface area contributed by atoms with Gasteiger partial charge in [-0.15, -0.1) is 0 Å². The average Bonchev–Trinajstić information content (AvgIpc) is 2.39. The number of likely N-dealkylation sites (N-methyl/N-ethyl adjacent to an activating group) is 1. The van der Waals surface area contributed by atoms with Crippen molar-refractivity contribution in [2.24, 2.45) is 5.92 Å². The van der Waals surface area contributed by atoms with Gasteiger partial charge in [0.15, 0.2) is 0 Å². The molecule has 1 amide bonds. The van der Waals surface area contributed by atoms with Crippen molar-refractivity contribution in [2.45, 2.75) is 57.9 Å². The van der Waals surface area contributed by atoms with Crippen molar-refractivity contribution >= 4 is 5.91 Å². The third kappa shape index (κ3) is 3.71. The second-order valence-corrected chi connectivity index (χ2v) is 6.29. The van der Waals surface area contributed by atoms with Gasteiger partial charge in [-0.2, -0.15) is 0 Å². The van der Waals surface area contributed by atoms with E-state index in [2.05, 4.69) is 23.8 Å². The van der Waals surface area contributed by atoms with Gasteiger partial charge in [-0.25, -0.2) is 0 Å². The quantitative estimate of drug-likeness (QED) is 0.770. The Kier molecular flexibility index (Phi) is 5.04. The summed E-state index contributed by atoms with van der Waals surface area (Å²) in [5.41, 5.74) is 0. The van der Waals surface area contributed by atoms with Crippen LogP contribution in [0.15, 0.2) is 0 Å². The van der Waals surface area contributed by atoms with Crippen LogP contribution in [0.3, 0.4) is 0 Å². The molecule has 2 rings (SSSR count). The van der Waals surface area contributed by atoms with E-state index in [0.717, 1.165) is 13.1 Å². The Balaban J connectivity index is 1.78. The Bertz CT molecular complexity index is 274. The molecule has 1 saturated carbocycles. The lowest BCUT2D eigenvalue weighted by molar-refractivity contribution is -0.134. The van der Waals surface area contributed by atoms with Crippen molar-refractivity contribution in [3.63, 3.8) is 0 Å². The number of carbonyl (C=O) groups excluding carboxylic acids is 1. The van der Waals surface area contributed by atoms with Gasteiger partial charge in [0.1, 0.15) is 0 Å². The van der Waals surface area contributed by atoms with Crippen LogP contribution in [0.1, 0.15) is 51.9 Å². The molecule has 0 radical (unpaired) electrons. The Morgan fingerprint density at radius 3 is 2.56 bits per heavy atom. The summed E-state index contributed by atoms with van der Waals surface area (Å²) >= 11 is 0. The van der Waals surface area contributed by atoms with Crippen molar-refractivity contribution in [2.75, 3.05) is 26.7 Å². The molecule has 1 aliphatic carbocycles. The molecule has 1 atom stereocenters. The SMILES string of the molecule is CC1CCCN(C(=O)CN(C)C2CCCCC2)C1. The summed E-state index contributed by atoms with van der Waals surface area (Å²) in [4.78, 5) is 16.7. The van der Waals surface area contributed by atoms with E-state index in [4.69, 9.17) is 0 Å². The molecule has 3 nitrogen and oxygen atoms in total. The molecule has 1 heterocycles. The summed E-state index contributed by atoms with van der Waals surface area (Å²) in [6.07, 6.45) is 9.07. The Morgan fingerprint density at radius 1 is 1.17 bits per heavy atom. The third-order valence-corrected chi connectivity index (χ3v) is 4.59. The smallest absolute Gasteiger partial charge is 0.236 e. The van der Waals surface area contributed by atoms with Crippen LogP contribution < -0.4 is 0 Å². The summed E-state index contributed by atoms with van der Waals surface area (Å²) in [6, 6.07) is 0.643. The highest BCUT2D eigenvalue weighted by Gasteiger charge is 2.24. The second kappa shape index (κ2) is 6.55. The van der Waals surface area contributed by atoms with E-state index in [1.165, 1.54) is 44.9 Å². The Labute approximate surface area is 112 Å². The summed E-state index contributed by atoms with van der Waals surface area (Å²) in [5, 5.41) is 0. The molecule has 1 aliphatic heterocycles. The van der Waals surface area contributed by atoms with E-state index in [1.807, 2.05) is 0 Å². The first-order valence-corrected chi connectivity index (χ1v) is 7.65. The van der Waals surface area contributed by atoms with Crippen LogP contribution in [-0.4, -0.2) is 48.4 Å². The molecular weight excluding hydrogens is 224 g/mol. The summed E-state index contributed by atoms with van der Waals surface area (Å²) in [6.45, 7) is 4.82. The maximum Gasteiger partial charge on any atom is 0.236 e. The van der Waals surface area contributed by atoms with Gasteiger partial charge in [-0.3, -0.25) is 9.69 Å². The number of likely N-dealkylation sites (tertiary alicyclic amines) is 1. The lowest BCUT2D eigenvalue weighted by Crippen LogP contribution is -2.46. The zero-order chi connectivity index (χ0) is 13.0. The largest absolute Gasteiger partial charge is 0.341 e. The minimum absolute atomic E-state index is 0.342. The van der Waals surface area contributed by atoms with Crippen molar-refractivity contribution < 1.29 is 4.79 Å². The van der Waals surface area contributed by atoms with Gasteiger partial charge in [0.2, 0.25) is 5.91 Å². The first kappa shape index (κ1) is 13.9. The predicted molar refractivity (Wildman–Crippen MR) is 74.5 cm³/mol. The first-order chi connectivity index (χ1) is 8.66.